The molecule has 1 aliphatic carbocycles. The van der Waals surface area contributed by atoms with E-state index in [-0.39, 0.29) is 11.3 Å². The molecule has 1 aliphatic rings. The quantitative estimate of drug-likeness (QED) is 0.312. The fourth-order valence-corrected chi connectivity index (χ4v) is 6.03. The number of amides is 1. The van der Waals surface area contributed by atoms with Gasteiger partial charge >= 0.3 is 6.09 Å². The van der Waals surface area contributed by atoms with Crippen LogP contribution in [0.25, 0.3) is 0 Å². The van der Waals surface area contributed by atoms with Gasteiger partial charge in [0, 0.05) is 17.7 Å². The zero-order valence-corrected chi connectivity index (χ0v) is 22.6. The summed E-state index contributed by atoms with van der Waals surface area (Å²) in [6, 6.07) is 12.6. The van der Waals surface area contributed by atoms with E-state index in [9.17, 15) is 33.5 Å². The van der Waals surface area contributed by atoms with Crippen LogP contribution in [0, 0.1) is 10.1 Å². The number of hydrogen-bond acceptors (Lipinski definition) is 7. The number of non-ortho nitro benzene ring substituents is 1. The van der Waals surface area contributed by atoms with Crippen molar-refractivity contribution in [1.29, 1.82) is 0 Å². The monoisotopic (exact) mass is 549 g/mol. The number of hydroxylamine groups is 1. The minimum Gasteiger partial charge on any atom is -0.465 e. The lowest BCUT2D eigenvalue weighted by Crippen LogP contribution is -2.58. The van der Waals surface area contributed by atoms with Gasteiger partial charge < -0.3 is 10.2 Å². The molecule has 0 radical (unpaired) electrons. The second kappa shape index (κ2) is 12.2. The van der Waals surface area contributed by atoms with E-state index < -0.39 is 57.1 Å². The highest BCUT2D eigenvalue weighted by molar-refractivity contribution is 7.89. The minimum atomic E-state index is -4.45. The van der Waals surface area contributed by atoms with E-state index >= 15 is 0 Å². The maximum absolute atomic E-state index is 13.6. The molecule has 0 spiro atoms. The first kappa shape index (κ1) is 29.5. The Morgan fingerprint density at radius 3 is 2.32 bits per heavy atom. The molecule has 1 saturated carbocycles. The third kappa shape index (κ3) is 7.28. The van der Waals surface area contributed by atoms with Gasteiger partial charge in [-0.3, -0.25) is 19.9 Å². The Morgan fingerprint density at radius 2 is 1.76 bits per heavy atom. The van der Waals surface area contributed by atoms with Crippen LogP contribution in [0.2, 0.25) is 0 Å². The van der Waals surface area contributed by atoms with Crippen molar-refractivity contribution in [3.8, 4) is 0 Å². The maximum Gasteiger partial charge on any atom is 0.408 e. The van der Waals surface area contributed by atoms with E-state index in [1.165, 1.54) is 18.2 Å². The van der Waals surface area contributed by atoms with Crippen molar-refractivity contribution in [2.75, 3.05) is 6.54 Å². The van der Waals surface area contributed by atoms with Gasteiger partial charge in [0.25, 0.3) is 15.7 Å². The van der Waals surface area contributed by atoms with Crippen molar-refractivity contribution in [3.63, 3.8) is 0 Å². The fourth-order valence-electron chi connectivity index (χ4n) is 4.69. The van der Waals surface area contributed by atoms with E-state index in [4.69, 9.17) is 4.84 Å². The largest absolute Gasteiger partial charge is 0.465 e. The minimum absolute atomic E-state index is 0.125. The molecule has 38 heavy (non-hydrogen) atoms. The van der Waals surface area contributed by atoms with Gasteiger partial charge in [0.15, 0.2) is 0 Å². The Balaban J connectivity index is 2.00. The van der Waals surface area contributed by atoms with E-state index in [0.29, 0.717) is 17.3 Å². The topological polar surface area (TPSA) is 151 Å². The standard InChI is InChI=1S/C26H35N3O8S/c1-26(2,3)28(25(31)32)23(16-19-10-5-4-6-11-19)24(30)18-27(37-21-13-7-8-14-21)38(35,36)22-15-9-12-20(17-22)29(33)34/h4-6,9-12,15,17,21,23-24,30H,7-8,13-14,16,18H2,1-3H3,(H,31,32). The molecule has 0 bridgehead atoms. The number of aliphatic hydroxyl groups is 1. The van der Waals surface area contributed by atoms with Gasteiger partial charge in [0.1, 0.15) is 0 Å². The highest BCUT2D eigenvalue weighted by atomic mass is 32.2. The molecule has 2 aromatic carbocycles. The Hall–Kier alpha value is -3.06. The maximum atomic E-state index is 13.6. The number of hydrogen-bond donors (Lipinski definition) is 2. The average molecular weight is 550 g/mol. The second-order valence-electron chi connectivity index (χ2n) is 10.4. The lowest BCUT2D eigenvalue weighted by atomic mass is 9.95. The number of aliphatic hydroxyl groups excluding tert-OH is 1. The van der Waals surface area contributed by atoms with Crippen molar-refractivity contribution in [2.45, 2.75) is 81.6 Å². The van der Waals surface area contributed by atoms with Crippen LogP contribution in [0.1, 0.15) is 52.0 Å². The molecule has 0 saturated heterocycles. The molecule has 0 aliphatic heterocycles. The van der Waals surface area contributed by atoms with E-state index in [2.05, 4.69) is 0 Å². The third-order valence-electron chi connectivity index (χ3n) is 6.49. The molecule has 2 aromatic rings. The van der Waals surface area contributed by atoms with E-state index in [1.54, 1.807) is 45.0 Å². The van der Waals surface area contributed by atoms with Gasteiger partial charge in [0.2, 0.25) is 0 Å². The first-order chi connectivity index (χ1) is 17.8. The molecule has 208 valence electrons. The van der Waals surface area contributed by atoms with Gasteiger partial charge in [-0.05, 0) is 51.7 Å². The number of rotatable bonds is 11. The number of nitro groups is 1. The van der Waals surface area contributed by atoms with Gasteiger partial charge in [-0.1, -0.05) is 53.7 Å². The molecule has 12 heteroatoms. The van der Waals surface area contributed by atoms with Crippen LogP contribution in [0.3, 0.4) is 0 Å². The highest BCUT2D eigenvalue weighted by Crippen LogP contribution is 2.29. The summed E-state index contributed by atoms with van der Waals surface area (Å²) < 4.78 is 28.0. The summed E-state index contributed by atoms with van der Waals surface area (Å²) in [4.78, 5) is 29.6. The zero-order chi connectivity index (χ0) is 28.1. The summed E-state index contributed by atoms with van der Waals surface area (Å²) in [5.41, 5.74) is -0.557. The molecule has 2 N–H and O–H groups in total. The van der Waals surface area contributed by atoms with Crippen LogP contribution < -0.4 is 0 Å². The van der Waals surface area contributed by atoms with Crippen LogP contribution in [0.5, 0.6) is 0 Å². The van der Waals surface area contributed by atoms with Crippen molar-refractivity contribution in [1.82, 2.24) is 9.37 Å². The number of sulfonamides is 1. The highest BCUT2D eigenvalue weighted by Gasteiger charge is 2.40. The van der Waals surface area contributed by atoms with Gasteiger partial charge in [-0.25, -0.2) is 13.2 Å². The molecular weight excluding hydrogens is 514 g/mol. The molecular formula is C26H35N3O8S. The predicted octanol–water partition coefficient (Wildman–Crippen LogP) is 4.21. The SMILES string of the molecule is CC(C)(C)N(C(=O)O)C(Cc1ccccc1)C(O)CN(OC1CCCC1)S(=O)(=O)c1cccc([N+](=O)[O-])c1. The first-order valence-corrected chi connectivity index (χ1v) is 13.9. The second-order valence-corrected chi connectivity index (χ2v) is 12.2. The van der Waals surface area contributed by atoms with Gasteiger partial charge in [0.05, 0.1) is 34.6 Å². The van der Waals surface area contributed by atoms with Crippen LogP contribution >= 0.6 is 0 Å². The van der Waals surface area contributed by atoms with Crippen molar-refractivity contribution in [3.05, 3.63) is 70.3 Å². The third-order valence-corrected chi connectivity index (χ3v) is 8.11. The number of carboxylic acid groups (broad SMARTS) is 1. The Labute approximate surface area is 222 Å². The molecule has 2 unspecified atom stereocenters. The molecule has 2 atom stereocenters. The zero-order valence-electron chi connectivity index (χ0n) is 21.8. The molecule has 11 nitrogen and oxygen atoms in total. The molecule has 0 heterocycles. The van der Waals surface area contributed by atoms with Crippen molar-refractivity contribution in [2.24, 2.45) is 0 Å². The summed E-state index contributed by atoms with van der Waals surface area (Å²) in [6.45, 7) is 4.51. The Morgan fingerprint density at radius 1 is 1.13 bits per heavy atom. The molecule has 1 amide bonds. The van der Waals surface area contributed by atoms with Crippen LogP contribution in [-0.2, 0) is 21.3 Å². The normalized spacial score (nSPS) is 16.3. The van der Waals surface area contributed by atoms with Crippen molar-refractivity contribution >= 4 is 21.8 Å². The Kier molecular flexibility index (Phi) is 9.47. The fraction of sp³-hybridized carbons (Fsp3) is 0.500. The smallest absolute Gasteiger partial charge is 0.408 e. The van der Waals surface area contributed by atoms with Crippen LogP contribution in [0.15, 0.2) is 59.5 Å². The first-order valence-electron chi connectivity index (χ1n) is 12.5. The van der Waals surface area contributed by atoms with Crippen LogP contribution in [0.4, 0.5) is 10.5 Å². The molecule has 0 aromatic heterocycles. The van der Waals surface area contributed by atoms with Gasteiger partial charge in [-0.15, -0.1) is 0 Å². The van der Waals surface area contributed by atoms with E-state index in [1.807, 2.05) is 6.07 Å². The number of nitrogens with zero attached hydrogens (tertiary/aromatic N) is 3. The molecule has 1 fully saturated rings. The number of nitro benzene ring substituents is 1. The van der Waals surface area contributed by atoms with E-state index in [0.717, 1.165) is 29.4 Å². The van der Waals surface area contributed by atoms with Crippen molar-refractivity contribution < 1.29 is 33.2 Å². The lowest BCUT2D eigenvalue weighted by Gasteiger charge is -2.42. The average Bonchev–Trinajstić information content (AvgIpc) is 3.36. The van der Waals surface area contributed by atoms with Crippen LogP contribution in [-0.4, -0.2) is 69.3 Å². The summed E-state index contributed by atoms with van der Waals surface area (Å²) in [5, 5.41) is 32.8. The summed E-state index contributed by atoms with van der Waals surface area (Å²) in [5.74, 6) is 0. The summed E-state index contributed by atoms with van der Waals surface area (Å²) >= 11 is 0. The molecule has 3 rings (SSSR count). The number of carbonyl (C=O) groups is 1. The predicted molar refractivity (Wildman–Crippen MR) is 140 cm³/mol. The summed E-state index contributed by atoms with van der Waals surface area (Å²) in [7, 11) is -4.45. The summed E-state index contributed by atoms with van der Waals surface area (Å²) in [6.07, 6.45) is -0.0955. The van der Waals surface area contributed by atoms with Gasteiger partial charge in [-0.2, -0.15) is 0 Å². The Bertz CT molecular complexity index is 1210. The number of benzene rings is 2. The lowest BCUT2D eigenvalue weighted by molar-refractivity contribution is -0.385.